The van der Waals surface area contributed by atoms with Gasteiger partial charge in [0.05, 0.1) is 0 Å². The minimum atomic E-state index is 0.859. The average Bonchev–Trinajstić information content (AvgIpc) is 1.77. The van der Waals surface area contributed by atoms with Crippen molar-refractivity contribution < 1.29 is 0 Å². The van der Waals surface area contributed by atoms with Crippen LogP contribution in [0.5, 0.6) is 0 Å². The summed E-state index contributed by atoms with van der Waals surface area (Å²) in [5.74, 6) is 0.859. The second kappa shape index (κ2) is 2.54. The standard InChI is InChI=1S/C7H11Cl/c1-6-2-4-7(8)5-3-6/h4,6H,2-3,5H2,1H3. The fraction of sp³-hybridized carbons (Fsp3) is 0.714. The molecule has 0 nitrogen and oxygen atoms in total. The predicted molar refractivity (Wildman–Crippen MR) is 37.0 cm³/mol. The summed E-state index contributed by atoms with van der Waals surface area (Å²) in [6.45, 7) is 2.26. The van der Waals surface area contributed by atoms with Gasteiger partial charge in [-0.3, -0.25) is 0 Å². The molecule has 1 aliphatic carbocycles. The zero-order valence-corrected chi connectivity index (χ0v) is 5.91. The van der Waals surface area contributed by atoms with Crippen LogP contribution in [0.15, 0.2) is 11.1 Å². The average molecular weight is 131 g/mol. The highest BCUT2D eigenvalue weighted by Gasteiger charge is 2.06. The van der Waals surface area contributed by atoms with Gasteiger partial charge in [0.1, 0.15) is 0 Å². The van der Waals surface area contributed by atoms with E-state index in [9.17, 15) is 0 Å². The lowest BCUT2D eigenvalue weighted by molar-refractivity contribution is 0.523. The Balaban J connectivity index is 2.42. The van der Waals surface area contributed by atoms with E-state index in [4.69, 9.17) is 11.6 Å². The molecule has 0 spiro atoms. The molecule has 1 rings (SSSR count). The Hall–Kier alpha value is 0.0300. The van der Waals surface area contributed by atoms with Crippen LogP contribution in [0.4, 0.5) is 0 Å². The second-order valence-electron chi connectivity index (χ2n) is 2.53. The van der Waals surface area contributed by atoms with Crippen molar-refractivity contribution >= 4 is 11.6 Å². The van der Waals surface area contributed by atoms with Crippen LogP contribution >= 0.6 is 11.6 Å². The summed E-state index contributed by atoms with van der Waals surface area (Å²) < 4.78 is 0. The normalized spacial score (nSPS) is 29.8. The van der Waals surface area contributed by atoms with Gasteiger partial charge in [-0.2, -0.15) is 0 Å². The van der Waals surface area contributed by atoms with Gasteiger partial charge in [0, 0.05) is 5.03 Å². The van der Waals surface area contributed by atoms with Crippen molar-refractivity contribution in [3.05, 3.63) is 11.1 Å². The van der Waals surface area contributed by atoms with Crippen LogP contribution in [0, 0.1) is 5.92 Å². The van der Waals surface area contributed by atoms with Gasteiger partial charge in [0.2, 0.25) is 0 Å². The Labute approximate surface area is 55.5 Å². The van der Waals surface area contributed by atoms with Gasteiger partial charge >= 0.3 is 0 Å². The zero-order chi connectivity index (χ0) is 5.98. The largest absolute Gasteiger partial charge is 0.0895 e. The highest BCUT2D eigenvalue weighted by atomic mass is 35.5. The third-order valence-electron chi connectivity index (χ3n) is 1.62. The van der Waals surface area contributed by atoms with Crippen molar-refractivity contribution in [3.8, 4) is 0 Å². The highest BCUT2D eigenvalue weighted by molar-refractivity contribution is 6.29. The molecule has 1 aliphatic rings. The first-order valence-corrected chi connectivity index (χ1v) is 3.51. The molecule has 1 unspecified atom stereocenters. The summed E-state index contributed by atoms with van der Waals surface area (Å²) in [5.41, 5.74) is 0. The molecule has 0 aromatic carbocycles. The first-order chi connectivity index (χ1) is 3.79. The van der Waals surface area contributed by atoms with Gasteiger partial charge in [-0.05, 0) is 25.2 Å². The number of halogens is 1. The Bertz CT molecular complexity index is 105. The van der Waals surface area contributed by atoms with E-state index in [-0.39, 0.29) is 0 Å². The minimum Gasteiger partial charge on any atom is -0.0895 e. The molecule has 46 valence electrons. The smallest absolute Gasteiger partial charge is 0.0141 e. The lowest BCUT2D eigenvalue weighted by Gasteiger charge is -2.13. The second-order valence-corrected chi connectivity index (χ2v) is 3.02. The quantitative estimate of drug-likeness (QED) is 0.473. The van der Waals surface area contributed by atoms with Gasteiger partial charge in [-0.15, -0.1) is 0 Å². The molecule has 0 heterocycles. The maximum Gasteiger partial charge on any atom is 0.0141 e. The molecule has 0 saturated carbocycles. The van der Waals surface area contributed by atoms with Crippen LogP contribution < -0.4 is 0 Å². The number of allylic oxidation sites excluding steroid dienone is 2. The number of hydrogen-bond acceptors (Lipinski definition) is 0. The molecule has 0 N–H and O–H groups in total. The molecule has 0 aromatic rings. The molecule has 0 aliphatic heterocycles. The number of rotatable bonds is 0. The van der Waals surface area contributed by atoms with Crippen molar-refractivity contribution in [2.45, 2.75) is 26.2 Å². The summed E-state index contributed by atoms with van der Waals surface area (Å²) in [4.78, 5) is 0. The van der Waals surface area contributed by atoms with E-state index in [0.29, 0.717) is 0 Å². The van der Waals surface area contributed by atoms with Crippen molar-refractivity contribution in [2.24, 2.45) is 5.92 Å². The summed E-state index contributed by atoms with van der Waals surface area (Å²) in [6, 6.07) is 0. The Kier molecular flexibility index (Phi) is 1.95. The fourth-order valence-corrected chi connectivity index (χ4v) is 1.13. The van der Waals surface area contributed by atoms with Gasteiger partial charge in [-0.1, -0.05) is 24.6 Å². The first kappa shape index (κ1) is 6.15. The van der Waals surface area contributed by atoms with Crippen LogP contribution in [0.1, 0.15) is 26.2 Å². The first-order valence-electron chi connectivity index (χ1n) is 3.13. The summed E-state index contributed by atoms with van der Waals surface area (Å²) >= 11 is 5.74. The molecule has 0 amide bonds. The molecule has 0 aromatic heterocycles. The van der Waals surface area contributed by atoms with E-state index >= 15 is 0 Å². The maximum atomic E-state index is 5.74. The van der Waals surface area contributed by atoms with Crippen LogP contribution in [-0.4, -0.2) is 0 Å². The van der Waals surface area contributed by atoms with Gasteiger partial charge < -0.3 is 0 Å². The van der Waals surface area contributed by atoms with E-state index in [0.717, 1.165) is 17.4 Å². The summed E-state index contributed by atoms with van der Waals surface area (Å²) in [7, 11) is 0. The molecule has 0 bridgehead atoms. The minimum absolute atomic E-state index is 0.859. The molecule has 1 atom stereocenters. The van der Waals surface area contributed by atoms with Gasteiger partial charge in [-0.25, -0.2) is 0 Å². The van der Waals surface area contributed by atoms with Gasteiger partial charge in [0.25, 0.3) is 0 Å². The van der Waals surface area contributed by atoms with E-state index in [1.54, 1.807) is 0 Å². The zero-order valence-electron chi connectivity index (χ0n) is 5.15. The van der Waals surface area contributed by atoms with Crippen molar-refractivity contribution in [1.29, 1.82) is 0 Å². The topological polar surface area (TPSA) is 0 Å². The van der Waals surface area contributed by atoms with E-state index < -0.39 is 0 Å². The fourth-order valence-electron chi connectivity index (χ4n) is 0.933. The predicted octanol–water partition coefficient (Wildman–Crippen LogP) is 2.93. The molecular formula is C7H11Cl. The van der Waals surface area contributed by atoms with Crippen molar-refractivity contribution in [2.75, 3.05) is 0 Å². The maximum absolute atomic E-state index is 5.74. The Morgan fingerprint density at radius 2 is 2.50 bits per heavy atom. The molecule has 0 radical (unpaired) electrons. The van der Waals surface area contributed by atoms with Gasteiger partial charge in [0.15, 0.2) is 0 Å². The molecule has 0 fully saturated rings. The lowest BCUT2D eigenvalue weighted by atomic mass is 9.97. The van der Waals surface area contributed by atoms with E-state index in [1.807, 2.05) is 0 Å². The van der Waals surface area contributed by atoms with Crippen LogP contribution in [0.3, 0.4) is 0 Å². The van der Waals surface area contributed by atoms with E-state index in [2.05, 4.69) is 13.0 Å². The summed E-state index contributed by atoms with van der Waals surface area (Å²) in [6.07, 6.45) is 5.69. The third kappa shape index (κ3) is 1.52. The number of hydrogen-bond donors (Lipinski definition) is 0. The van der Waals surface area contributed by atoms with E-state index in [1.165, 1.54) is 12.8 Å². The molecule has 0 saturated heterocycles. The Morgan fingerprint density at radius 3 is 2.88 bits per heavy atom. The highest BCUT2D eigenvalue weighted by Crippen LogP contribution is 2.24. The molecule has 1 heteroatoms. The van der Waals surface area contributed by atoms with Crippen LogP contribution in [0.25, 0.3) is 0 Å². The van der Waals surface area contributed by atoms with Crippen molar-refractivity contribution in [3.63, 3.8) is 0 Å². The summed E-state index contributed by atoms with van der Waals surface area (Å²) in [5, 5.41) is 1.06. The SMILES string of the molecule is CC1CC=C(Cl)CC1. The lowest BCUT2D eigenvalue weighted by Crippen LogP contribution is -1.97. The Morgan fingerprint density at radius 1 is 1.75 bits per heavy atom. The molecular weight excluding hydrogens is 120 g/mol. The van der Waals surface area contributed by atoms with Crippen molar-refractivity contribution in [1.82, 2.24) is 0 Å². The van der Waals surface area contributed by atoms with Crippen LogP contribution in [-0.2, 0) is 0 Å². The van der Waals surface area contributed by atoms with Crippen LogP contribution in [0.2, 0.25) is 0 Å². The monoisotopic (exact) mass is 130 g/mol. The third-order valence-corrected chi connectivity index (χ3v) is 1.96. The molecule has 8 heavy (non-hydrogen) atoms.